The van der Waals surface area contributed by atoms with Crippen LogP contribution in [0.1, 0.15) is 113 Å². The van der Waals surface area contributed by atoms with Crippen molar-refractivity contribution in [2.24, 2.45) is 7.05 Å². The van der Waals surface area contributed by atoms with Crippen LogP contribution in [0.2, 0.25) is 0 Å². The first kappa shape index (κ1) is 37.0. The Kier molecular flexibility index (Phi) is 10.8. The van der Waals surface area contributed by atoms with Crippen LogP contribution in [0.25, 0.3) is 0 Å². The third-order valence-corrected chi connectivity index (χ3v) is 9.89. The fourth-order valence-electron chi connectivity index (χ4n) is 6.78. The van der Waals surface area contributed by atoms with Gasteiger partial charge in [0.1, 0.15) is 25.9 Å². The van der Waals surface area contributed by atoms with Crippen molar-refractivity contribution in [3.05, 3.63) is 148 Å². The van der Waals surface area contributed by atoms with E-state index in [1.165, 1.54) is 38.9 Å². The summed E-state index contributed by atoms with van der Waals surface area (Å²) in [5, 5.41) is 4.55. The van der Waals surface area contributed by atoms with Gasteiger partial charge in [-0.25, -0.2) is 0 Å². The summed E-state index contributed by atoms with van der Waals surface area (Å²) in [5.41, 5.74) is 9.58. The van der Waals surface area contributed by atoms with E-state index < -0.39 is 5.41 Å². The lowest BCUT2D eigenvalue weighted by molar-refractivity contribution is -0.755. The molecule has 0 N–H and O–H groups in total. The van der Waals surface area contributed by atoms with Crippen LogP contribution in [0.15, 0.2) is 103 Å². The normalized spacial score (nSPS) is 12.7. The molecular weight excluding hydrogens is 615 g/mol. The molecule has 0 saturated carbocycles. The Labute approximate surface area is 301 Å². The number of aryl methyl sites for hydroxylation is 2. The highest BCUT2D eigenvalue weighted by atomic mass is 16.5. The number of ether oxygens (including phenoxy) is 2. The van der Waals surface area contributed by atoms with Gasteiger partial charge in [-0.2, -0.15) is 0 Å². The smallest absolute Gasteiger partial charge is 0.192 e. The summed E-state index contributed by atoms with van der Waals surface area (Å²) in [6, 6.07) is 36.7. The Hall–Kier alpha value is -4.22. The first-order chi connectivity index (χ1) is 23.5. The predicted octanol–water partition coefficient (Wildman–Crippen LogP) is 9.60. The zero-order valence-corrected chi connectivity index (χ0v) is 32.3. The summed E-state index contributed by atoms with van der Waals surface area (Å²) in [6.07, 6.45) is 2.88. The molecule has 0 aliphatic rings. The minimum atomic E-state index is -0.544. The lowest BCUT2D eigenvalue weighted by atomic mass is 9.64. The second-order valence-electron chi connectivity index (χ2n) is 16.8. The molecule has 0 aliphatic heterocycles. The van der Waals surface area contributed by atoms with E-state index in [1.54, 1.807) is 7.11 Å². The summed E-state index contributed by atoms with van der Waals surface area (Å²) in [5.74, 6) is 0.864. The van der Waals surface area contributed by atoms with Crippen LogP contribution in [0, 0.1) is 0 Å². The first-order valence-electron chi connectivity index (χ1n) is 18.0. The van der Waals surface area contributed by atoms with E-state index in [-0.39, 0.29) is 16.2 Å². The maximum Gasteiger partial charge on any atom is 0.192 e. The average Bonchev–Trinajstić information content (AvgIpc) is 3.42. The second kappa shape index (κ2) is 14.6. The van der Waals surface area contributed by atoms with E-state index in [1.807, 2.05) is 22.6 Å². The van der Waals surface area contributed by atoms with E-state index in [9.17, 15) is 0 Å². The fourth-order valence-corrected chi connectivity index (χ4v) is 6.78. The minimum Gasteiger partial charge on any atom is -0.493 e. The van der Waals surface area contributed by atoms with Crippen molar-refractivity contribution in [3.63, 3.8) is 0 Å². The molecule has 0 atom stereocenters. The van der Waals surface area contributed by atoms with Gasteiger partial charge in [0, 0.05) is 13.5 Å². The van der Waals surface area contributed by atoms with Gasteiger partial charge in [0.15, 0.2) is 11.9 Å². The number of aromatic nitrogens is 3. The SMILES string of the molecule is COCc1c[n+](CCCOc2ccc(C(c3ccc(C(C)(C)C)cc3)(c3ccc(C(C)(C)C)cc3)c3ccc(C(C)(C)C)cc3)cc2)nn1C. The first-order valence-corrected chi connectivity index (χ1v) is 18.0. The van der Waals surface area contributed by atoms with Crippen LogP contribution in [-0.4, -0.2) is 23.6 Å². The van der Waals surface area contributed by atoms with Gasteiger partial charge in [0.05, 0.1) is 17.2 Å². The van der Waals surface area contributed by atoms with E-state index in [2.05, 4.69) is 165 Å². The zero-order chi connectivity index (χ0) is 36.3. The Morgan fingerprint density at radius 2 is 0.920 bits per heavy atom. The molecule has 0 unspecified atom stereocenters. The number of hydrogen-bond acceptors (Lipinski definition) is 3. The minimum absolute atomic E-state index is 0.0597. The molecule has 5 rings (SSSR count). The number of methoxy groups -OCH3 is 1. The number of nitrogens with zero attached hydrogens (tertiary/aromatic N) is 3. The maximum atomic E-state index is 6.28. The Balaban J connectivity index is 1.56. The fraction of sp³-hybridized carbons (Fsp3) is 0.422. The van der Waals surface area contributed by atoms with Crippen molar-refractivity contribution in [1.29, 1.82) is 0 Å². The lowest BCUT2D eigenvalue weighted by Crippen LogP contribution is -2.36. The summed E-state index contributed by atoms with van der Waals surface area (Å²) >= 11 is 0. The van der Waals surface area contributed by atoms with Crippen LogP contribution in [0.3, 0.4) is 0 Å². The summed E-state index contributed by atoms with van der Waals surface area (Å²) in [6.45, 7) is 22.4. The summed E-state index contributed by atoms with van der Waals surface area (Å²) in [7, 11) is 3.65. The van der Waals surface area contributed by atoms with E-state index in [4.69, 9.17) is 9.47 Å². The third-order valence-electron chi connectivity index (χ3n) is 9.89. The van der Waals surface area contributed by atoms with Gasteiger partial charge in [-0.15, -0.1) is 9.36 Å². The molecule has 0 fully saturated rings. The molecule has 0 spiro atoms. The lowest BCUT2D eigenvalue weighted by Gasteiger charge is -2.38. The predicted molar refractivity (Wildman–Crippen MR) is 205 cm³/mol. The molecule has 50 heavy (non-hydrogen) atoms. The van der Waals surface area contributed by atoms with Crippen LogP contribution in [0.4, 0.5) is 0 Å². The Bertz CT molecular complexity index is 1690. The van der Waals surface area contributed by atoms with Crippen LogP contribution in [-0.2, 0) is 46.6 Å². The molecule has 5 aromatic rings. The molecule has 264 valence electrons. The van der Waals surface area contributed by atoms with Crippen LogP contribution in [0.5, 0.6) is 5.75 Å². The summed E-state index contributed by atoms with van der Waals surface area (Å²) in [4.78, 5) is 0. The standard InChI is InChI=1S/C45H58N3O2/c1-42(2,3)33-13-19-36(20-14-33)45(37-21-15-34(16-22-37)43(4,5)6,38-23-17-35(18-24-38)44(7,8)9)39-25-27-41(28-26-39)50-30-12-29-48-31-40(32-49-11)47(10)46-48/h13-28,31H,12,29-30,32H2,1-11H3/q+1. The third kappa shape index (κ3) is 8.05. The number of benzene rings is 4. The van der Waals surface area contributed by atoms with Gasteiger partial charge in [-0.1, -0.05) is 147 Å². The van der Waals surface area contributed by atoms with Crippen LogP contribution >= 0.6 is 0 Å². The number of hydrogen-bond donors (Lipinski definition) is 0. The second-order valence-corrected chi connectivity index (χ2v) is 16.8. The summed E-state index contributed by atoms with van der Waals surface area (Å²) < 4.78 is 15.4. The molecule has 1 heterocycles. The van der Waals surface area contributed by atoms with Gasteiger partial charge in [0.2, 0.25) is 0 Å². The van der Waals surface area contributed by atoms with Crippen molar-refractivity contribution in [2.45, 2.75) is 104 Å². The van der Waals surface area contributed by atoms with Gasteiger partial charge in [0.25, 0.3) is 0 Å². The quantitative estimate of drug-likeness (QED) is 0.0797. The van der Waals surface area contributed by atoms with Crippen molar-refractivity contribution in [3.8, 4) is 5.75 Å². The van der Waals surface area contributed by atoms with Crippen molar-refractivity contribution < 1.29 is 14.2 Å². The van der Waals surface area contributed by atoms with Crippen molar-refractivity contribution >= 4 is 0 Å². The van der Waals surface area contributed by atoms with Gasteiger partial charge >= 0.3 is 0 Å². The van der Waals surface area contributed by atoms with Crippen molar-refractivity contribution in [2.75, 3.05) is 13.7 Å². The molecule has 1 aromatic heterocycles. The molecule has 0 saturated heterocycles. The van der Waals surface area contributed by atoms with Gasteiger partial charge in [-0.3, -0.25) is 0 Å². The van der Waals surface area contributed by atoms with Crippen molar-refractivity contribution in [1.82, 2.24) is 9.90 Å². The van der Waals surface area contributed by atoms with Gasteiger partial charge < -0.3 is 9.47 Å². The molecule has 5 nitrogen and oxygen atoms in total. The molecule has 4 aromatic carbocycles. The highest BCUT2D eigenvalue weighted by Gasteiger charge is 2.39. The molecule has 0 bridgehead atoms. The topological polar surface area (TPSA) is 40.2 Å². The zero-order valence-electron chi connectivity index (χ0n) is 32.3. The molecule has 0 aliphatic carbocycles. The van der Waals surface area contributed by atoms with Gasteiger partial charge in [-0.05, 0) is 67.3 Å². The monoisotopic (exact) mass is 672 g/mol. The highest BCUT2D eigenvalue weighted by Crippen LogP contribution is 2.47. The van der Waals surface area contributed by atoms with E-state index in [0.29, 0.717) is 13.2 Å². The average molecular weight is 673 g/mol. The molecule has 0 radical (unpaired) electrons. The largest absolute Gasteiger partial charge is 0.493 e. The molecule has 0 amide bonds. The molecular formula is C45H58N3O2+. The van der Waals surface area contributed by atoms with E-state index >= 15 is 0 Å². The Morgan fingerprint density at radius 1 is 0.560 bits per heavy atom. The molecule has 5 heteroatoms. The Morgan fingerprint density at radius 3 is 1.28 bits per heavy atom. The highest BCUT2D eigenvalue weighted by molar-refractivity contribution is 5.61. The maximum absolute atomic E-state index is 6.28. The van der Waals surface area contributed by atoms with Crippen LogP contribution < -0.4 is 9.42 Å². The van der Waals surface area contributed by atoms with E-state index in [0.717, 1.165) is 24.4 Å². The number of rotatable bonds is 11.